The van der Waals surface area contributed by atoms with Crippen LogP contribution in [-0.4, -0.2) is 12.2 Å². The van der Waals surface area contributed by atoms with E-state index in [2.05, 4.69) is 5.43 Å². The molecular formula is C15H23F3N2. The summed E-state index contributed by atoms with van der Waals surface area (Å²) in [6, 6.07) is 9.25. The number of halogens is 3. The molecule has 0 saturated carbocycles. The summed E-state index contributed by atoms with van der Waals surface area (Å²) in [5.74, 6) is 5.56. The molecular weight excluding hydrogens is 265 g/mol. The summed E-state index contributed by atoms with van der Waals surface area (Å²) in [4.78, 5) is 0. The molecule has 0 aromatic heterocycles. The quantitative estimate of drug-likeness (QED) is 0.589. The van der Waals surface area contributed by atoms with Crippen LogP contribution in [0.3, 0.4) is 0 Å². The fraction of sp³-hybridized carbons (Fsp3) is 0.600. The maximum absolute atomic E-state index is 12.5. The number of nitrogens with one attached hydrogen (secondary N) is 1. The van der Waals surface area contributed by atoms with Crippen molar-refractivity contribution in [2.75, 3.05) is 0 Å². The molecule has 5 heteroatoms. The van der Waals surface area contributed by atoms with Gasteiger partial charge in [0.2, 0.25) is 0 Å². The first kappa shape index (κ1) is 17.0. The Morgan fingerprint density at radius 2 is 1.65 bits per heavy atom. The van der Waals surface area contributed by atoms with Crippen LogP contribution in [0.2, 0.25) is 0 Å². The zero-order chi connectivity index (χ0) is 15.2. The Labute approximate surface area is 118 Å². The van der Waals surface area contributed by atoms with Gasteiger partial charge in [-0.2, -0.15) is 13.2 Å². The lowest BCUT2D eigenvalue weighted by molar-refractivity contribution is -0.137. The molecule has 0 amide bonds. The molecule has 2 nitrogen and oxygen atoms in total. The molecule has 0 spiro atoms. The number of alkyl halides is 3. The van der Waals surface area contributed by atoms with Gasteiger partial charge in [-0.05, 0) is 24.8 Å². The Kier molecular flexibility index (Phi) is 6.02. The monoisotopic (exact) mass is 288 g/mol. The molecule has 1 atom stereocenters. The van der Waals surface area contributed by atoms with Crippen molar-refractivity contribution in [1.82, 2.24) is 5.43 Å². The molecule has 1 aromatic rings. The summed E-state index contributed by atoms with van der Waals surface area (Å²) in [6.45, 7) is 3.99. The second kappa shape index (κ2) is 7.09. The molecule has 1 aromatic carbocycles. The van der Waals surface area contributed by atoms with Crippen molar-refractivity contribution in [2.24, 2.45) is 5.84 Å². The van der Waals surface area contributed by atoms with Gasteiger partial charge >= 0.3 is 6.18 Å². The minimum absolute atomic E-state index is 0.0173. The lowest BCUT2D eigenvalue weighted by Crippen LogP contribution is -2.51. The van der Waals surface area contributed by atoms with E-state index in [1.165, 1.54) is 0 Å². The van der Waals surface area contributed by atoms with Crippen LogP contribution in [-0.2, 0) is 5.41 Å². The molecule has 20 heavy (non-hydrogen) atoms. The number of hydrogen-bond donors (Lipinski definition) is 2. The lowest BCUT2D eigenvalue weighted by atomic mass is 9.69. The number of rotatable bonds is 7. The van der Waals surface area contributed by atoms with Gasteiger partial charge in [0.25, 0.3) is 0 Å². The molecule has 1 rings (SSSR count). The van der Waals surface area contributed by atoms with Crippen LogP contribution in [0.15, 0.2) is 30.3 Å². The number of hydrogen-bond acceptors (Lipinski definition) is 2. The largest absolute Gasteiger partial charge is 0.389 e. The molecule has 0 heterocycles. The van der Waals surface area contributed by atoms with Crippen LogP contribution >= 0.6 is 0 Å². The van der Waals surface area contributed by atoms with Crippen LogP contribution < -0.4 is 11.3 Å². The minimum Gasteiger partial charge on any atom is -0.271 e. The molecule has 0 saturated heterocycles. The van der Waals surface area contributed by atoms with Crippen molar-refractivity contribution in [3.8, 4) is 0 Å². The van der Waals surface area contributed by atoms with E-state index in [1.54, 1.807) is 0 Å². The molecule has 1 unspecified atom stereocenters. The van der Waals surface area contributed by atoms with E-state index in [9.17, 15) is 13.2 Å². The van der Waals surface area contributed by atoms with Crippen LogP contribution in [0.5, 0.6) is 0 Å². The van der Waals surface area contributed by atoms with Crippen LogP contribution in [0.25, 0.3) is 0 Å². The van der Waals surface area contributed by atoms with Gasteiger partial charge < -0.3 is 0 Å². The second-order valence-electron chi connectivity index (χ2n) is 5.10. The Morgan fingerprint density at radius 1 is 1.10 bits per heavy atom. The molecule has 0 aliphatic carbocycles. The number of nitrogens with two attached hydrogens (primary N) is 1. The first-order valence-electron chi connectivity index (χ1n) is 6.98. The van der Waals surface area contributed by atoms with Gasteiger partial charge in [-0.1, -0.05) is 44.2 Å². The summed E-state index contributed by atoms with van der Waals surface area (Å²) < 4.78 is 37.4. The lowest BCUT2D eigenvalue weighted by Gasteiger charge is -2.40. The molecule has 0 aliphatic heterocycles. The normalized spacial score (nSPS) is 14.3. The van der Waals surface area contributed by atoms with E-state index in [0.29, 0.717) is 0 Å². The first-order chi connectivity index (χ1) is 9.39. The van der Waals surface area contributed by atoms with E-state index in [1.807, 2.05) is 44.2 Å². The Morgan fingerprint density at radius 3 is 2.05 bits per heavy atom. The predicted octanol–water partition coefficient (Wildman–Crippen LogP) is 3.92. The highest BCUT2D eigenvalue weighted by Crippen LogP contribution is 2.38. The van der Waals surface area contributed by atoms with E-state index in [0.717, 1.165) is 18.4 Å². The Balaban J connectivity index is 3.03. The second-order valence-corrected chi connectivity index (χ2v) is 5.10. The van der Waals surface area contributed by atoms with Gasteiger partial charge in [-0.3, -0.25) is 11.3 Å². The summed E-state index contributed by atoms with van der Waals surface area (Å²) in [5, 5.41) is 0. The number of hydrazine groups is 1. The van der Waals surface area contributed by atoms with Gasteiger partial charge in [0, 0.05) is 17.9 Å². The molecule has 3 N–H and O–H groups in total. The average molecular weight is 288 g/mol. The van der Waals surface area contributed by atoms with Crippen molar-refractivity contribution in [2.45, 2.75) is 57.2 Å². The highest BCUT2D eigenvalue weighted by Gasteiger charge is 2.39. The zero-order valence-corrected chi connectivity index (χ0v) is 12.0. The standard InChI is InChI=1S/C15H23F3N2/c1-3-14(4-2,12-8-6-5-7-9-12)13(20-19)10-11-15(16,17)18/h5-9,13,20H,3-4,10-11,19H2,1-2H3. The van der Waals surface area contributed by atoms with Crippen LogP contribution in [0.4, 0.5) is 13.2 Å². The van der Waals surface area contributed by atoms with Gasteiger partial charge in [0.1, 0.15) is 0 Å². The van der Waals surface area contributed by atoms with Crippen LogP contribution in [0, 0.1) is 0 Å². The molecule has 0 aliphatic rings. The Hall–Kier alpha value is -1.07. The van der Waals surface area contributed by atoms with E-state index in [-0.39, 0.29) is 11.8 Å². The van der Waals surface area contributed by atoms with Gasteiger partial charge in [-0.25, -0.2) is 0 Å². The molecule has 114 valence electrons. The fourth-order valence-electron chi connectivity index (χ4n) is 2.95. The van der Waals surface area contributed by atoms with Crippen molar-refractivity contribution in [1.29, 1.82) is 0 Å². The van der Waals surface area contributed by atoms with Gasteiger partial charge in [0.15, 0.2) is 0 Å². The topological polar surface area (TPSA) is 38.0 Å². The molecule has 0 bridgehead atoms. The van der Waals surface area contributed by atoms with Crippen molar-refractivity contribution in [3.05, 3.63) is 35.9 Å². The summed E-state index contributed by atoms with van der Waals surface area (Å²) in [5.41, 5.74) is 3.28. The number of benzene rings is 1. The van der Waals surface area contributed by atoms with E-state index >= 15 is 0 Å². The van der Waals surface area contributed by atoms with Crippen molar-refractivity contribution in [3.63, 3.8) is 0 Å². The summed E-state index contributed by atoms with van der Waals surface area (Å²) in [6.07, 6.45) is -3.52. The van der Waals surface area contributed by atoms with E-state index in [4.69, 9.17) is 5.84 Å². The van der Waals surface area contributed by atoms with Crippen LogP contribution in [0.1, 0.15) is 45.1 Å². The summed E-state index contributed by atoms with van der Waals surface area (Å²) >= 11 is 0. The molecule has 0 radical (unpaired) electrons. The van der Waals surface area contributed by atoms with Crippen molar-refractivity contribution < 1.29 is 13.2 Å². The zero-order valence-electron chi connectivity index (χ0n) is 12.0. The third-order valence-corrected chi connectivity index (χ3v) is 4.20. The minimum atomic E-state index is -4.15. The molecule has 0 fully saturated rings. The van der Waals surface area contributed by atoms with Gasteiger partial charge in [-0.15, -0.1) is 0 Å². The Bertz CT molecular complexity index is 386. The SMILES string of the molecule is CCC(CC)(c1ccccc1)C(CCC(F)(F)F)NN. The first-order valence-corrected chi connectivity index (χ1v) is 6.98. The van der Waals surface area contributed by atoms with Gasteiger partial charge in [0.05, 0.1) is 0 Å². The highest BCUT2D eigenvalue weighted by molar-refractivity contribution is 5.27. The highest BCUT2D eigenvalue weighted by atomic mass is 19.4. The fourth-order valence-corrected chi connectivity index (χ4v) is 2.95. The maximum Gasteiger partial charge on any atom is 0.389 e. The van der Waals surface area contributed by atoms with E-state index < -0.39 is 18.6 Å². The predicted molar refractivity (Wildman–Crippen MR) is 75.1 cm³/mol. The third-order valence-electron chi connectivity index (χ3n) is 4.20. The summed E-state index contributed by atoms with van der Waals surface area (Å²) in [7, 11) is 0. The maximum atomic E-state index is 12.5. The van der Waals surface area contributed by atoms with Crippen molar-refractivity contribution >= 4 is 0 Å². The average Bonchev–Trinajstić information content (AvgIpc) is 2.43. The smallest absolute Gasteiger partial charge is 0.271 e. The third kappa shape index (κ3) is 3.96.